The summed E-state index contributed by atoms with van der Waals surface area (Å²) < 4.78 is 4.88. The smallest absolute Gasteiger partial charge is 0.302 e. The van der Waals surface area contributed by atoms with Gasteiger partial charge in [0.2, 0.25) is 0 Å². The Balaban J connectivity index is 3.06. The van der Waals surface area contributed by atoms with Gasteiger partial charge in [0.05, 0.1) is 6.61 Å². The van der Waals surface area contributed by atoms with E-state index >= 15 is 0 Å². The maximum absolute atomic E-state index is 10.5. The molecule has 0 saturated heterocycles. The van der Waals surface area contributed by atoms with Crippen molar-refractivity contribution in [3.63, 3.8) is 0 Å². The van der Waals surface area contributed by atoms with Crippen LogP contribution in [0.1, 0.15) is 78.1 Å². The minimum Gasteiger partial charge on any atom is -0.466 e. The first-order valence-electron chi connectivity index (χ1n) is 7.55. The Labute approximate surface area is 113 Å². The molecule has 0 N–H and O–H groups in total. The second kappa shape index (κ2) is 14.3. The Morgan fingerprint density at radius 2 is 1.44 bits per heavy atom. The van der Waals surface area contributed by atoms with Gasteiger partial charge in [-0.3, -0.25) is 4.79 Å². The van der Waals surface area contributed by atoms with E-state index in [9.17, 15) is 4.79 Å². The number of ether oxygens (including phenoxy) is 1. The van der Waals surface area contributed by atoms with Gasteiger partial charge in [-0.1, -0.05) is 44.8 Å². The fourth-order valence-electron chi connectivity index (χ4n) is 1.86. The molecule has 0 amide bonds. The Morgan fingerprint density at radius 1 is 0.889 bits per heavy atom. The van der Waals surface area contributed by atoms with Gasteiger partial charge >= 0.3 is 5.97 Å². The van der Waals surface area contributed by atoms with Crippen molar-refractivity contribution >= 4 is 5.97 Å². The van der Waals surface area contributed by atoms with Crippen LogP contribution in [-0.4, -0.2) is 12.6 Å². The molecule has 0 rings (SSSR count). The van der Waals surface area contributed by atoms with Gasteiger partial charge in [0.25, 0.3) is 0 Å². The number of allylic oxidation sites excluding steroid dienone is 2. The van der Waals surface area contributed by atoms with Crippen LogP contribution in [0.3, 0.4) is 0 Å². The molecule has 0 aromatic rings. The van der Waals surface area contributed by atoms with E-state index in [-0.39, 0.29) is 5.97 Å². The molecule has 2 nitrogen and oxygen atoms in total. The van der Waals surface area contributed by atoms with E-state index in [0.717, 1.165) is 19.3 Å². The maximum atomic E-state index is 10.5. The van der Waals surface area contributed by atoms with Gasteiger partial charge in [-0.2, -0.15) is 0 Å². The van der Waals surface area contributed by atoms with Crippen LogP contribution in [0.15, 0.2) is 12.2 Å². The number of carbonyl (C=O) groups is 1. The lowest BCUT2D eigenvalue weighted by Gasteiger charge is -2.00. The van der Waals surface area contributed by atoms with E-state index in [0.29, 0.717) is 6.61 Å². The van der Waals surface area contributed by atoms with Crippen molar-refractivity contribution in [3.05, 3.63) is 12.2 Å². The first kappa shape index (κ1) is 17.2. The predicted molar refractivity (Wildman–Crippen MR) is 77.6 cm³/mol. The molecule has 0 bridgehead atoms. The summed E-state index contributed by atoms with van der Waals surface area (Å²) in [5, 5.41) is 0. The Bertz CT molecular complexity index is 209. The number of unbranched alkanes of at least 4 members (excludes halogenated alkanes) is 8. The second-order valence-electron chi connectivity index (χ2n) is 4.86. The summed E-state index contributed by atoms with van der Waals surface area (Å²) in [5.41, 5.74) is 0. The fourth-order valence-corrected chi connectivity index (χ4v) is 1.86. The van der Waals surface area contributed by atoms with Crippen LogP contribution >= 0.6 is 0 Å². The van der Waals surface area contributed by atoms with Crippen molar-refractivity contribution in [2.45, 2.75) is 78.1 Å². The molecular formula is C16H30O2. The molecule has 0 aromatic heterocycles. The molecule has 0 radical (unpaired) electrons. The zero-order valence-electron chi connectivity index (χ0n) is 12.2. The molecule has 0 fully saturated rings. The zero-order valence-corrected chi connectivity index (χ0v) is 12.2. The topological polar surface area (TPSA) is 26.3 Å². The minimum atomic E-state index is -0.169. The van der Waals surface area contributed by atoms with Gasteiger partial charge in [0.1, 0.15) is 0 Å². The van der Waals surface area contributed by atoms with Crippen molar-refractivity contribution in [3.8, 4) is 0 Å². The quantitative estimate of drug-likeness (QED) is 0.277. The van der Waals surface area contributed by atoms with Crippen LogP contribution in [0.4, 0.5) is 0 Å². The minimum absolute atomic E-state index is 0.169. The summed E-state index contributed by atoms with van der Waals surface area (Å²) in [7, 11) is 0. The fraction of sp³-hybridized carbons (Fsp3) is 0.812. The molecule has 0 aliphatic carbocycles. The van der Waals surface area contributed by atoms with Gasteiger partial charge in [0, 0.05) is 6.92 Å². The summed E-state index contributed by atoms with van der Waals surface area (Å²) in [6, 6.07) is 0. The van der Waals surface area contributed by atoms with Gasteiger partial charge in [-0.25, -0.2) is 0 Å². The van der Waals surface area contributed by atoms with E-state index < -0.39 is 0 Å². The summed E-state index contributed by atoms with van der Waals surface area (Å²) in [6.07, 6.45) is 17.2. The van der Waals surface area contributed by atoms with Crippen LogP contribution in [0, 0.1) is 0 Å². The van der Waals surface area contributed by atoms with Crippen molar-refractivity contribution in [1.29, 1.82) is 0 Å². The average Bonchev–Trinajstić information content (AvgIpc) is 2.34. The second-order valence-corrected chi connectivity index (χ2v) is 4.86. The number of hydrogen-bond acceptors (Lipinski definition) is 2. The molecule has 2 heteroatoms. The molecule has 0 heterocycles. The highest BCUT2D eigenvalue weighted by Crippen LogP contribution is 2.06. The monoisotopic (exact) mass is 254 g/mol. The highest BCUT2D eigenvalue weighted by Gasteiger charge is 1.92. The first-order valence-corrected chi connectivity index (χ1v) is 7.55. The van der Waals surface area contributed by atoms with Crippen LogP contribution < -0.4 is 0 Å². The summed E-state index contributed by atoms with van der Waals surface area (Å²) >= 11 is 0. The largest absolute Gasteiger partial charge is 0.466 e. The average molecular weight is 254 g/mol. The Hall–Kier alpha value is -0.790. The Kier molecular flexibility index (Phi) is 13.6. The lowest BCUT2D eigenvalue weighted by atomic mass is 10.1. The summed E-state index contributed by atoms with van der Waals surface area (Å²) in [5.74, 6) is -0.169. The van der Waals surface area contributed by atoms with E-state index in [1.54, 1.807) is 0 Å². The number of rotatable bonds is 12. The van der Waals surface area contributed by atoms with Crippen molar-refractivity contribution in [2.24, 2.45) is 0 Å². The molecule has 0 atom stereocenters. The number of esters is 1. The standard InChI is InChI=1S/C16H30O2/c1-3-4-5-6-7-8-9-10-11-12-13-14-15-18-16(2)17/h9-10H,3-8,11-15H2,1-2H3/b10-9+. The van der Waals surface area contributed by atoms with Crippen LogP contribution in [0.5, 0.6) is 0 Å². The number of carbonyl (C=O) groups excluding carboxylic acids is 1. The molecule has 0 aromatic carbocycles. The molecule has 0 spiro atoms. The Morgan fingerprint density at radius 3 is 2.00 bits per heavy atom. The third-order valence-electron chi connectivity index (χ3n) is 2.96. The molecule has 18 heavy (non-hydrogen) atoms. The van der Waals surface area contributed by atoms with E-state index in [2.05, 4.69) is 19.1 Å². The molecule has 106 valence electrons. The molecule has 0 aliphatic heterocycles. The highest BCUT2D eigenvalue weighted by molar-refractivity contribution is 5.65. The molecular weight excluding hydrogens is 224 g/mol. The van der Waals surface area contributed by atoms with Gasteiger partial charge in [-0.15, -0.1) is 0 Å². The zero-order chi connectivity index (χ0) is 13.5. The van der Waals surface area contributed by atoms with Crippen LogP contribution in [-0.2, 0) is 9.53 Å². The van der Waals surface area contributed by atoms with Gasteiger partial charge in [-0.05, 0) is 38.5 Å². The summed E-state index contributed by atoms with van der Waals surface area (Å²) in [4.78, 5) is 10.5. The lowest BCUT2D eigenvalue weighted by molar-refractivity contribution is -0.141. The van der Waals surface area contributed by atoms with Crippen molar-refractivity contribution < 1.29 is 9.53 Å². The molecule has 0 aliphatic rings. The van der Waals surface area contributed by atoms with Gasteiger partial charge in [0.15, 0.2) is 0 Å². The predicted octanol–water partition coefficient (Wildman–Crippen LogP) is 5.03. The molecule has 0 saturated carbocycles. The lowest BCUT2D eigenvalue weighted by Crippen LogP contribution is -1.99. The van der Waals surface area contributed by atoms with Gasteiger partial charge < -0.3 is 4.74 Å². The molecule has 0 unspecified atom stereocenters. The number of hydrogen-bond donors (Lipinski definition) is 0. The first-order chi connectivity index (χ1) is 8.77. The van der Waals surface area contributed by atoms with Crippen LogP contribution in [0.2, 0.25) is 0 Å². The third kappa shape index (κ3) is 15.2. The van der Waals surface area contributed by atoms with Crippen LogP contribution in [0.25, 0.3) is 0 Å². The van der Waals surface area contributed by atoms with Crippen molar-refractivity contribution in [2.75, 3.05) is 6.61 Å². The maximum Gasteiger partial charge on any atom is 0.302 e. The summed E-state index contributed by atoms with van der Waals surface area (Å²) in [6.45, 7) is 4.29. The SMILES string of the molecule is CCCCCCC/C=C/CCCCCOC(C)=O. The normalized spacial score (nSPS) is 11.0. The van der Waals surface area contributed by atoms with Crippen molar-refractivity contribution in [1.82, 2.24) is 0 Å². The van der Waals surface area contributed by atoms with E-state index in [1.165, 1.54) is 51.9 Å². The van der Waals surface area contributed by atoms with E-state index in [4.69, 9.17) is 4.74 Å². The highest BCUT2D eigenvalue weighted by atomic mass is 16.5. The third-order valence-corrected chi connectivity index (χ3v) is 2.96. The van der Waals surface area contributed by atoms with E-state index in [1.807, 2.05) is 0 Å².